The Morgan fingerprint density at radius 2 is 2.38 bits per heavy atom. The van der Waals surface area contributed by atoms with Crippen molar-refractivity contribution in [2.45, 2.75) is 6.92 Å². The van der Waals surface area contributed by atoms with Gasteiger partial charge >= 0.3 is 0 Å². The lowest BCUT2D eigenvalue weighted by Crippen LogP contribution is -2.10. The second-order valence-electron chi connectivity index (χ2n) is 3.31. The minimum absolute atomic E-state index is 0.273. The van der Waals surface area contributed by atoms with Crippen LogP contribution in [0.25, 0.3) is 5.65 Å². The van der Waals surface area contributed by atoms with Crippen molar-refractivity contribution < 1.29 is 4.79 Å². The Balaban J connectivity index is 2.58. The first-order chi connectivity index (χ1) is 7.61. The van der Waals surface area contributed by atoms with E-state index in [1.807, 2.05) is 6.92 Å². The van der Waals surface area contributed by atoms with Crippen LogP contribution in [-0.2, 0) is 4.79 Å². The quantitative estimate of drug-likeness (QED) is 0.813. The highest BCUT2D eigenvalue weighted by Crippen LogP contribution is 2.20. The van der Waals surface area contributed by atoms with Gasteiger partial charge in [-0.25, -0.2) is 4.98 Å². The molecule has 0 aliphatic heterocycles. The van der Waals surface area contributed by atoms with Gasteiger partial charge in [0.05, 0.1) is 10.7 Å². The van der Waals surface area contributed by atoms with E-state index in [9.17, 15) is 4.79 Å². The molecule has 1 amide bonds. The molecule has 2 aromatic heterocycles. The summed E-state index contributed by atoms with van der Waals surface area (Å²) in [5.41, 5.74) is 1.47. The molecule has 0 aliphatic rings. The molecule has 16 heavy (non-hydrogen) atoms. The lowest BCUT2D eigenvalue weighted by atomic mass is 10.4. The Hall–Kier alpha value is -1.81. The van der Waals surface area contributed by atoms with E-state index in [1.165, 1.54) is 6.08 Å². The highest BCUT2D eigenvalue weighted by atomic mass is 35.5. The Morgan fingerprint density at radius 1 is 1.62 bits per heavy atom. The first-order valence-corrected chi connectivity index (χ1v) is 5.07. The van der Waals surface area contributed by atoms with Gasteiger partial charge in [0.25, 0.3) is 0 Å². The third-order valence-electron chi connectivity index (χ3n) is 2.18. The van der Waals surface area contributed by atoms with Crippen LogP contribution in [0.1, 0.15) is 5.69 Å². The van der Waals surface area contributed by atoms with Gasteiger partial charge in [-0.05, 0) is 25.1 Å². The average molecular weight is 236 g/mol. The van der Waals surface area contributed by atoms with Gasteiger partial charge < -0.3 is 5.32 Å². The van der Waals surface area contributed by atoms with Crippen molar-refractivity contribution >= 4 is 29.0 Å². The topological polar surface area (TPSA) is 46.4 Å². The standard InChI is InChI=1S/C11H10ClN3O/c1-3-10(16)14-11-7(2)13-9-5-4-8(12)6-15(9)11/h3-6H,1H2,2H3,(H,14,16). The number of hydrogen-bond donors (Lipinski definition) is 1. The van der Waals surface area contributed by atoms with Crippen molar-refractivity contribution in [3.8, 4) is 0 Å². The highest BCUT2D eigenvalue weighted by Gasteiger charge is 2.10. The lowest BCUT2D eigenvalue weighted by Gasteiger charge is -2.03. The molecule has 2 heterocycles. The smallest absolute Gasteiger partial charge is 0.248 e. The summed E-state index contributed by atoms with van der Waals surface area (Å²) in [6, 6.07) is 3.54. The van der Waals surface area contributed by atoms with E-state index in [4.69, 9.17) is 11.6 Å². The zero-order valence-electron chi connectivity index (χ0n) is 8.70. The number of nitrogens with zero attached hydrogens (tertiary/aromatic N) is 2. The first kappa shape index (κ1) is 10.7. The zero-order chi connectivity index (χ0) is 11.7. The minimum Gasteiger partial charge on any atom is -0.307 e. The maximum absolute atomic E-state index is 11.3. The van der Waals surface area contributed by atoms with E-state index in [1.54, 1.807) is 22.7 Å². The summed E-state index contributed by atoms with van der Waals surface area (Å²) in [6.07, 6.45) is 2.92. The largest absolute Gasteiger partial charge is 0.307 e. The molecule has 2 aromatic rings. The van der Waals surface area contributed by atoms with E-state index in [-0.39, 0.29) is 5.91 Å². The van der Waals surface area contributed by atoms with Gasteiger partial charge in [0.2, 0.25) is 5.91 Å². The summed E-state index contributed by atoms with van der Waals surface area (Å²) in [4.78, 5) is 15.6. The SMILES string of the molecule is C=CC(=O)Nc1c(C)nc2ccc(Cl)cn12. The van der Waals surface area contributed by atoms with Crippen molar-refractivity contribution in [3.05, 3.63) is 41.7 Å². The number of hydrogen-bond acceptors (Lipinski definition) is 2. The average Bonchev–Trinajstić information content (AvgIpc) is 2.55. The molecule has 2 rings (SSSR count). The third kappa shape index (κ3) is 1.79. The second-order valence-corrected chi connectivity index (χ2v) is 3.75. The van der Waals surface area contributed by atoms with Crippen molar-refractivity contribution in [1.29, 1.82) is 0 Å². The van der Waals surface area contributed by atoms with Crippen molar-refractivity contribution in [2.75, 3.05) is 5.32 Å². The fourth-order valence-electron chi connectivity index (χ4n) is 1.45. The fourth-order valence-corrected chi connectivity index (χ4v) is 1.62. The monoisotopic (exact) mass is 235 g/mol. The van der Waals surface area contributed by atoms with Gasteiger partial charge in [0, 0.05) is 6.20 Å². The molecule has 0 saturated heterocycles. The summed E-state index contributed by atoms with van der Waals surface area (Å²) in [6.45, 7) is 5.22. The highest BCUT2D eigenvalue weighted by molar-refractivity contribution is 6.30. The van der Waals surface area contributed by atoms with Crippen LogP contribution in [0.15, 0.2) is 31.0 Å². The van der Waals surface area contributed by atoms with Gasteiger partial charge in [0.1, 0.15) is 11.5 Å². The Morgan fingerprint density at radius 3 is 3.06 bits per heavy atom. The van der Waals surface area contributed by atoms with Crippen molar-refractivity contribution in [3.63, 3.8) is 0 Å². The fraction of sp³-hybridized carbons (Fsp3) is 0.0909. The van der Waals surface area contributed by atoms with Crippen LogP contribution in [0.4, 0.5) is 5.82 Å². The van der Waals surface area contributed by atoms with Gasteiger partial charge in [0.15, 0.2) is 0 Å². The molecule has 4 nitrogen and oxygen atoms in total. The number of halogens is 1. The normalized spacial score (nSPS) is 10.4. The van der Waals surface area contributed by atoms with E-state index >= 15 is 0 Å². The lowest BCUT2D eigenvalue weighted by molar-refractivity contribution is -0.111. The molecule has 5 heteroatoms. The number of aryl methyl sites for hydroxylation is 1. The molecule has 0 spiro atoms. The van der Waals surface area contributed by atoms with Crippen LogP contribution in [0.3, 0.4) is 0 Å². The van der Waals surface area contributed by atoms with Crippen LogP contribution in [0.5, 0.6) is 0 Å². The van der Waals surface area contributed by atoms with Gasteiger partial charge in [-0.3, -0.25) is 9.20 Å². The molecule has 0 unspecified atom stereocenters. The van der Waals surface area contributed by atoms with Crippen LogP contribution >= 0.6 is 11.6 Å². The molecule has 0 aliphatic carbocycles. The van der Waals surface area contributed by atoms with Crippen molar-refractivity contribution in [2.24, 2.45) is 0 Å². The summed E-state index contributed by atoms with van der Waals surface area (Å²) in [5.74, 6) is 0.340. The molecular formula is C11H10ClN3O. The van der Waals surface area contributed by atoms with E-state index in [2.05, 4.69) is 16.9 Å². The molecule has 0 aromatic carbocycles. The number of imidazole rings is 1. The van der Waals surface area contributed by atoms with Crippen LogP contribution in [0.2, 0.25) is 5.02 Å². The molecule has 0 fully saturated rings. The number of fused-ring (bicyclic) bond motifs is 1. The number of aromatic nitrogens is 2. The predicted molar refractivity (Wildman–Crippen MR) is 63.8 cm³/mol. The maximum atomic E-state index is 11.3. The van der Waals surface area contributed by atoms with Crippen LogP contribution in [0, 0.1) is 6.92 Å². The summed E-state index contributed by atoms with van der Waals surface area (Å²) >= 11 is 5.89. The Bertz CT molecular complexity index is 574. The minimum atomic E-state index is -0.273. The van der Waals surface area contributed by atoms with Crippen LogP contribution < -0.4 is 5.32 Å². The van der Waals surface area contributed by atoms with Crippen LogP contribution in [-0.4, -0.2) is 15.3 Å². The molecule has 82 valence electrons. The molecule has 1 N–H and O–H groups in total. The number of pyridine rings is 1. The molecule has 0 saturated carbocycles. The molecule has 0 radical (unpaired) electrons. The number of rotatable bonds is 2. The number of carbonyl (C=O) groups is 1. The number of carbonyl (C=O) groups excluding carboxylic acids is 1. The maximum Gasteiger partial charge on any atom is 0.248 e. The van der Waals surface area contributed by atoms with E-state index in [0.29, 0.717) is 10.8 Å². The summed E-state index contributed by atoms with van der Waals surface area (Å²) in [7, 11) is 0. The first-order valence-electron chi connectivity index (χ1n) is 4.69. The molecular weight excluding hydrogens is 226 g/mol. The van der Waals surface area contributed by atoms with E-state index in [0.717, 1.165) is 11.3 Å². The van der Waals surface area contributed by atoms with E-state index < -0.39 is 0 Å². The Labute approximate surface area is 97.6 Å². The zero-order valence-corrected chi connectivity index (χ0v) is 9.45. The predicted octanol–water partition coefficient (Wildman–Crippen LogP) is 2.42. The molecule has 0 bridgehead atoms. The van der Waals surface area contributed by atoms with Gasteiger partial charge in [-0.15, -0.1) is 0 Å². The summed E-state index contributed by atoms with van der Waals surface area (Å²) in [5, 5.41) is 3.28. The number of nitrogens with one attached hydrogen (secondary N) is 1. The third-order valence-corrected chi connectivity index (χ3v) is 2.41. The van der Waals surface area contributed by atoms with Crippen molar-refractivity contribution in [1.82, 2.24) is 9.38 Å². The Kier molecular flexibility index (Phi) is 2.66. The summed E-state index contributed by atoms with van der Waals surface area (Å²) < 4.78 is 1.74. The second kappa shape index (κ2) is 3.98. The van der Waals surface area contributed by atoms with Gasteiger partial charge in [-0.1, -0.05) is 18.2 Å². The molecule has 0 atom stereocenters. The number of amides is 1. The number of anilines is 1. The van der Waals surface area contributed by atoms with Gasteiger partial charge in [-0.2, -0.15) is 0 Å².